The molecule has 0 radical (unpaired) electrons. The van der Waals surface area contributed by atoms with Crippen LogP contribution in [0.15, 0.2) is 36.4 Å². The second-order valence-electron chi connectivity index (χ2n) is 3.97. The topological polar surface area (TPSA) is 72.2 Å². The highest BCUT2D eigenvalue weighted by Crippen LogP contribution is 2.29. The number of benzene rings is 2. The number of halogens is 3. The van der Waals surface area contributed by atoms with Gasteiger partial charge in [0.1, 0.15) is 10.8 Å². The van der Waals surface area contributed by atoms with E-state index in [-0.39, 0.29) is 16.3 Å². The van der Waals surface area contributed by atoms with E-state index in [1.807, 2.05) is 22.6 Å². The molecule has 2 rings (SSSR count). The summed E-state index contributed by atoms with van der Waals surface area (Å²) < 4.78 is 13.5. The Morgan fingerprint density at radius 2 is 2.05 bits per heavy atom. The molecule has 2 aromatic carbocycles. The highest BCUT2D eigenvalue weighted by atomic mass is 127. The molecule has 0 fully saturated rings. The van der Waals surface area contributed by atoms with Crippen LogP contribution in [0.2, 0.25) is 5.02 Å². The first-order valence-electron chi connectivity index (χ1n) is 5.59. The van der Waals surface area contributed by atoms with Crippen LogP contribution in [0.3, 0.4) is 0 Å². The number of hydrogen-bond acceptors (Lipinski definition) is 3. The fourth-order valence-electron chi connectivity index (χ4n) is 1.62. The van der Waals surface area contributed by atoms with Crippen molar-refractivity contribution >= 4 is 51.5 Å². The molecule has 0 saturated heterocycles. The van der Waals surface area contributed by atoms with E-state index >= 15 is 0 Å². The number of nitro groups is 1. The number of hydrogen-bond donors (Lipinski definition) is 1. The lowest BCUT2D eigenvalue weighted by atomic mass is 10.2. The Bertz CT molecular complexity index is 739. The number of rotatable bonds is 3. The zero-order valence-electron chi connectivity index (χ0n) is 10.3. The first-order valence-corrected chi connectivity index (χ1v) is 7.05. The van der Waals surface area contributed by atoms with Gasteiger partial charge in [-0.2, -0.15) is 0 Å². The zero-order chi connectivity index (χ0) is 15.6. The quantitative estimate of drug-likeness (QED) is 0.458. The summed E-state index contributed by atoms with van der Waals surface area (Å²) in [5.74, 6) is -1.03. The SMILES string of the molecule is O=C(Nc1ccc(F)cc1I)c1cccc([N+](=O)[O-])c1Cl. The lowest BCUT2D eigenvalue weighted by Crippen LogP contribution is -2.14. The molecule has 108 valence electrons. The van der Waals surface area contributed by atoms with E-state index in [9.17, 15) is 19.3 Å². The maximum Gasteiger partial charge on any atom is 0.288 e. The summed E-state index contributed by atoms with van der Waals surface area (Å²) in [5, 5.41) is 13.1. The van der Waals surface area contributed by atoms with E-state index in [1.165, 1.54) is 36.4 Å². The number of amides is 1. The van der Waals surface area contributed by atoms with Crippen LogP contribution in [0.5, 0.6) is 0 Å². The van der Waals surface area contributed by atoms with Crippen molar-refractivity contribution in [3.05, 3.63) is 66.5 Å². The number of carbonyl (C=O) groups is 1. The van der Waals surface area contributed by atoms with Crippen molar-refractivity contribution in [3.63, 3.8) is 0 Å². The van der Waals surface area contributed by atoms with Crippen molar-refractivity contribution in [2.24, 2.45) is 0 Å². The van der Waals surface area contributed by atoms with Gasteiger partial charge in [0, 0.05) is 9.64 Å². The fourth-order valence-corrected chi connectivity index (χ4v) is 2.51. The molecule has 2 aromatic rings. The lowest BCUT2D eigenvalue weighted by molar-refractivity contribution is -0.384. The predicted molar refractivity (Wildman–Crippen MR) is 85.2 cm³/mol. The van der Waals surface area contributed by atoms with E-state index in [4.69, 9.17) is 11.6 Å². The molecule has 0 aliphatic rings. The van der Waals surface area contributed by atoms with Crippen molar-refractivity contribution in [1.29, 1.82) is 0 Å². The van der Waals surface area contributed by atoms with Crippen molar-refractivity contribution < 1.29 is 14.1 Å². The molecule has 5 nitrogen and oxygen atoms in total. The predicted octanol–water partition coefficient (Wildman–Crippen LogP) is 4.24. The monoisotopic (exact) mass is 420 g/mol. The van der Waals surface area contributed by atoms with Crippen LogP contribution in [-0.4, -0.2) is 10.8 Å². The number of anilines is 1. The highest BCUT2D eigenvalue weighted by Gasteiger charge is 2.20. The Hall–Kier alpha value is -1.74. The van der Waals surface area contributed by atoms with Gasteiger partial charge in [0.15, 0.2) is 0 Å². The Kier molecular flexibility index (Phi) is 4.73. The van der Waals surface area contributed by atoms with Crippen LogP contribution in [-0.2, 0) is 0 Å². The number of nitro benzene ring substituents is 1. The summed E-state index contributed by atoms with van der Waals surface area (Å²) in [4.78, 5) is 22.3. The van der Waals surface area contributed by atoms with Crippen LogP contribution < -0.4 is 5.32 Å². The fraction of sp³-hybridized carbons (Fsp3) is 0. The van der Waals surface area contributed by atoms with Crippen molar-refractivity contribution in [2.45, 2.75) is 0 Å². The summed E-state index contributed by atoms with van der Waals surface area (Å²) in [7, 11) is 0. The van der Waals surface area contributed by atoms with Gasteiger partial charge in [-0.1, -0.05) is 17.7 Å². The molecule has 0 aromatic heterocycles. The summed E-state index contributed by atoms with van der Waals surface area (Å²) in [6, 6.07) is 7.81. The van der Waals surface area contributed by atoms with Crippen LogP contribution in [0.25, 0.3) is 0 Å². The standard InChI is InChI=1S/C13H7ClFIN2O3/c14-12-8(2-1-3-11(12)18(20)21)13(19)17-10-5-4-7(15)6-9(10)16/h1-6H,(H,17,19). The van der Waals surface area contributed by atoms with Gasteiger partial charge < -0.3 is 5.32 Å². The minimum atomic E-state index is -0.666. The second kappa shape index (κ2) is 6.35. The van der Waals surface area contributed by atoms with E-state index in [0.29, 0.717) is 9.26 Å². The van der Waals surface area contributed by atoms with Gasteiger partial charge in [-0.25, -0.2) is 4.39 Å². The third-order valence-electron chi connectivity index (χ3n) is 2.60. The molecular weight excluding hydrogens is 414 g/mol. The number of nitrogens with zero attached hydrogens (tertiary/aromatic N) is 1. The molecule has 0 heterocycles. The minimum absolute atomic E-state index is 0.0222. The van der Waals surface area contributed by atoms with Crippen molar-refractivity contribution in [1.82, 2.24) is 0 Å². The first-order chi connectivity index (χ1) is 9.90. The third-order valence-corrected chi connectivity index (χ3v) is 3.89. The summed E-state index contributed by atoms with van der Waals surface area (Å²) in [5.41, 5.74) is 0.0219. The molecule has 0 aliphatic carbocycles. The van der Waals surface area contributed by atoms with Gasteiger partial charge in [0.2, 0.25) is 0 Å². The molecular formula is C13H7ClFIN2O3. The Balaban J connectivity index is 2.33. The summed E-state index contributed by atoms with van der Waals surface area (Å²) in [6.45, 7) is 0. The molecule has 1 amide bonds. The van der Waals surface area contributed by atoms with Crippen LogP contribution in [0, 0.1) is 19.5 Å². The molecule has 0 spiro atoms. The molecule has 1 N–H and O–H groups in total. The molecule has 0 atom stereocenters. The van der Waals surface area contributed by atoms with Gasteiger partial charge in [0.05, 0.1) is 16.2 Å². The van der Waals surface area contributed by atoms with Crippen LogP contribution in [0.1, 0.15) is 10.4 Å². The lowest BCUT2D eigenvalue weighted by Gasteiger charge is -2.08. The van der Waals surface area contributed by atoms with Gasteiger partial charge >= 0.3 is 0 Å². The molecule has 0 bridgehead atoms. The summed E-state index contributed by atoms with van der Waals surface area (Å²) >= 11 is 7.73. The average Bonchev–Trinajstić information content (AvgIpc) is 2.41. The summed E-state index contributed by atoms with van der Waals surface area (Å²) in [6.07, 6.45) is 0. The molecule has 21 heavy (non-hydrogen) atoms. The smallest absolute Gasteiger partial charge is 0.288 e. The first kappa shape index (κ1) is 15.6. The van der Waals surface area contributed by atoms with E-state index < -0.39 is 16.6 Å². The molecule has 8 heteroatoms. The van der Waals surface area contributed by atoms with Crippen LogP contribution in [0.4, 0.5) is 15.8 Å². The Labute approximate surface area is 137 Å². The maximum absolute atomic E-state index is 13.0. The van der Waals surface area contributed by atoms with Crippen LogP contribution >= 0.6 is 34.2 Å². The normalized spacial score (nSPS) is 10.2. The Morgan fingerprint density at radius 1 is 1.33 bits per heavy atom. The Morgan fingerprint density at radius 3 is 2.67 bits per heavy atom. The number of carbonyl (C=O) groups excluding carboxylic acids is 1. The molecule has 0 saturated carbocycles. The van der Waals surface area contributed by atoms with Crippen molar-refractivity contribution in [2.75, 3.05) is 5.32 Å². The van der Waals surface area contributed by atoms with Gasteiger partial charge in [-0.05, 0) is 46.9 Å². The molecule has 0 aliphatic heterocycles. The van der Waals surface area contributed by atoms with Crippen molar-refractivity contribution in [3.8, 4) is 0 Å². The highest BCUT2D eigenvalue weighted by molar-refractivity contribution is 14.1. The minimum Gasteiger partial charge on any atom is -0.321 e. The average molecular weight is 421 g/mol. The maximum atomic E-state index is 13.0. The second-order valence-corrected chi connectivity index (χ2v) is 5.51. The van der Waals surface area contributed by atoms with E-state index in [0.717, 1.165) is 0 Å². The number of nitrogens with one attached hydrogen (secondary N) is 1. The third kappa shape index (κ3) is 3.48. The zero-order valence-corrected chi connectivity index (χ0v) is 13.2. The molecule has 0 unspecified atom stereocenters. The van der Waals surface area contributed by atoms with E-state index in [2.05, 4.69) is 5.32 Å². The van der Waals surface area contributed by atoms with E-state index in [1.54, 1.807) is 0 Å². The van der Waals surface area contributed by atoms with Gasteiger partial charge in [0.25, 0.3) is 11.6 Å². The van der Waals surface area contributed by atoms with Gasteiger partial charge in [-0.15, -0.1) is 0 Å². The largest absolute Gasteiger partial charge is 0.321 e. The van der Waals surface area contributed by atoms with Gasteiger partial charge in [-0.3, -0.25) is 14.9 Å².